The van der Waals surface area contributed by atoms with E-state index in [1.165, 1.54) is 18.2 Å². The Labute approximate surface area is 118 Å². The number of aromatic hydroxyl groups is 2. The summed E-state index contributed by atoms with van der Waals surface area (Å²) in [5.41, 5.74) is 0. The maximum atomic E-state index is 10.9. The van der Waals surface area contributed by atoms with E-state index in [9.17, 15) is 30.3 Å². The number of benzene rings is 1. The Kier molecular flexibility index (Phi) is 4.19. The second-order valence-corrected chi connectivity index (χ2v) is 4.48. The molecule has 0 bridgehead atoms. The van der Waals surface area contributed by atoms with Gasteiger partial charge in [0.1, 0.15) is 18.3 Å². The van der Waals surface area contributed by atoms with Crippen LogP contribution in [0.5, 0.6) is 17.2 Å². The van der Waals surface area contributed by atoms with E-state index in [4.69, 9.17) is 14.6 Å². The van der Waals surface area contributed by atoms with Crippen molar-refractivity contribution >= 4 is 5.97 Å². The van der Waals surface area contributed by atoms with E-state index in [1.54, 1.807) is 0 Å². The molecule has 116 valence electrons. The quantitative estimate of drug-likeness (QED) is 0.360. The second kappa shape index (κ2) is 5.74. The van der Waals surface area contributed by atoms with Gasteiger partial charge in [-0.1, -0.05) is 6.07 Å². The first-order valence-electron chi connectivity index (χ1n) is 5.93. The zero-order chi connectivity index (χ0) is 15.7. The third-order valence-corrected chi connectivity index (χ3v) is 3.03. The van der Waals surface area contributed by atoms with Gasteiger partial charge < -0.3 is 40.1 Å². The van der Waals surface area contributed by atoms with Gasteiger partial charge >= 0.3 is 5.97 Å². The lowest BCUT2D eigenvalue weighted by atomic mass is 9.99. The lowest BCUT2D eigenvalue weighted by Gasteiger charge is -2.38. The largest absolute Gasteiger partial charge is 0.504 e. The van der Waals surface area contributed by atoms with Crippen LogP contribution in [-0.4, -0.2) is 67.3 Å². The molecule has 6 N–H and O–H groups in total. The summed E-state index contributed by atoms with van der Waals surface area (Å²) in [7, 11) is 0. The van der Waals surface area contributed by atoms with Crippen molar-refractivity contribution < 1.29 is 44.9 Å². The number of aliphatic hydroxyl groups excluding tert-OH is 3. The van der Waals surface area contributed by atoms with Gasteiger partial charge in [0.15, 0.2) is 17.6 Å². The fourth-order valence-corrected chi connectivity index (χ4v) is 1.88. The van der Waals surface area contributed by atoms with E-state index in [-0.39, 0.29) is 5.75 Å². The Morgan fingerprint density at radius 1 is 1.10 bits per heavy atom. The first-order chi connectivity index (χ1) is 9.82. The highest BCUT2D eigenvalue weighted by atomic mass is 16.7. The smallest absolute Gasteiger partial charge is 0.335 e. The number of aliphatic hydroxyl groups is 3. The molecule has 0 unspecified atom stereocenters. The van der Waals surface area contributed by atoms with E-state index >= 15 is 0 Å². The summed E-state index contributed by atoms with van der Waals surface area (Å²) < 4.78 is 9.93. The van der Waals surface area contributed by atoms with Crippen LogP contribution in [0.1, 0.15) is 0 Å². The van der Waals surface area contributed by atoms with Crippen LogP contribution in [0.15, 0.2) is 18.2 Å². The van der Waals surface area contributed by atoms with Crippen molar-refractivity contribution in [3.63, 3.8) is 0 Å². The fraction of sp³-hybridized carbons (Fsp3) is 0.417. The molecule has 1 saturated heterocycles. The number of aliphatic carboxylic acids is 1. The highest BCUT2D eigenvalue weighted by molar-refractivity contribution is 5.73. The van der Waals surface area contributed by atoms with Crippen LogP contribution in [0, 0.1) is 0 Å². The first-order valence-corrected chi connectivity index (χ1v) is 5.93. The number of para-hydroxylation sites is 1. The molecule has 9 heteroatoms. The van der Waals surface area contributed by atoms with Gasteiger partial charge in [-0.05, 0) is 12.1 Å². The molecule has 1 aliphatic rings. The zero-order valence-electron chi connectivity index (χ0n) is 10.5. The predicted octanol–water partition coefficient (Wildman–Crippen LogP) is -1.63. The third kappa shape index (κ3) is 2.85. The Bertz CT molecular complexity index is 531. The first kappa shape index (κ1) is 15.3. The maximum Gasteiger partial charge on any atom is 0.335 e. The summed E-state index contributed by atoms with van der Waals surface area (Å²) in [6.45, 7) is 0. The van der Waals surface area contributed by atoms with Crippen LogP contribution in [-0.2, 0) is 9.53 Å². The number of phenols is 2. The maximum absolute atomic E-state index is 10.9. The molecule has 1 aromatic rings. The van der Waals surface area contributed by atoms with Gasteiger partial charge in [-0.2, -0.15) is 0 Å². The molecule has 2 rings (SSSR count). The highest BCUT2D eigenvalue weighted by Crippen LogP contribution is 2.36. The SMILES string of the molecule is O=C(O)[C@H]1O[C@@H](Oc2cccc(O)c2O)[C@H](O)[C@@H](O)[C@@H]1O. The molecule has 1 fully saturated rings. The van der Waals surface area contributed by atoms with E-state index in [0.29, 0.717) is 0 Å². The topological polar surface area (TPSA) is 157 Å². The average Bonchev–Trinajstić information content (AvgIpc) is 2.43. The molecule has 0 amide bonds. The summed E-state index contributed by atoms with van der Waals surface area (Å²) in [6, 6.07) is 3.75. The summed E-state index contributed by atoms with van der Waals surface area (Å²) in [5.74, 6) is -2.97. The van der Waals surface area contributed by atoms with Crippen molar-refractivity contribution in [1.29, 1.82) is 0 Å². The number of hydrogen-bond donors (Lipinski definition) is 6. The number of hydrogen-bond acceptors (Lipinski definition) is 8. The van der Waals surface area contributed by atoms with Crippen molar-refractivity contribution in [2.45, 2.75) is 30.7 Å². The molecule has 9 nitrogen and oxygen atoms in total. The van der Waals surface area contributed by atoms with Crippen LogP contribution in [0.25, 0.3) is 0 Å². The van der Waals surface area contributed by atoms with Crippen LogP contribution < -0.4 is 4.74 Å². The van der Waals surface area contributed by atoms with Gasteiger partial charge in [-0.3, -0.25) is 0 Å². The van der Waals surface area contributed by atoms with E-state index in [1.807, 2.05) is 0 Å². The lowest BCUT2D eigenvalue weighted by Crippen LogP contribution is -2.61. The number of carbonyl (C=O) groups is 1. The summed E-state index contributed by atoms with van der Waals surface area (Å²) in [5, 5.41) is 56.6. The molecule has 1 heterocycles. The van der Waals surface area contributed by atoms with Gasteiger partial charge in [0.2, 0.25) is 12.0 Å². The highest BCUT2D eigenvalue weighted by Gasteiger charge is 2.48. The van der Waals surface area contributed by atoms with Gasteiger partial charge in [0.25, 0.3) is 0 Å². The lowest BCUT2D eigenvalue weighted by molar-refractivity contribution is -0.271. The Hall–Kier alpha value is -2.07. The third-order valence-electron chi connectivity index (χ3n) is 3.03. The van der Waals surface area contributed by atoms with Crippen molar-refractivity contribution in [2.24, 2.45) is 0 Å². The van der Waals surface area contributed by atoms with Crippen LogP contribution >= 0.6 is 0 Å². The summed E-state index contributed by atoms with van der Waals surface area (Å²) >= 11 is 0. The zero-order valence-corrected chi connectivity index (χ0v) is 10.5. The molecule has 21 heavy (non-hydrogen) atoms. The standard InChI is InChI=1S/C12H14O9/c13-4-2-1-3-5(6(4)14)20-12-9(17)7(15)8(16)10(21-12)11(18)19/h1-3,7-10,12-17H,(H,18,19)/t7-,8-,9+,10-,12+/m0/s1. The van der Waals surface area contributed by atoms with E-state index in [0.717, 1.165) is 0 Å². The summed E-state index contributed by atoms with van der Waals surface area (Å²) in [4.78, 5) is 10.9. The predicted molar refractivity (Wildman–Crippen MR) is 64.7 cm³/mol. The Balaban J connectivity index is 2.22. The molecule has 0 aromatic heterocycles. The molecule has 0 spiro atoms. The Morgan fingerprint density at radius 2 is 1.76 bits per heavy atom. The van der Waals surface area contributed by atoms with Crippen LogP contribution in [0.2, 0.25) is 0 Å². The normalized spacial score (nSPS) is 32.6. The summed E-state index contributed by atoms with van der Waals surface area (Å²) in [6.07, 6.45) is -8.87. The van der Waals surface area contributed by atoms with Crippen molar-refractivity contribution in [3.8, 4) is 17.2 Å². The van der Waals surface area contributed by atoms with Gasteiger partial charge in [-0.25, -0.2) is 4.79 Å². The fourth-order valence-electron chi connectivity index (χ4n) is 1.88. The minimum absolute atomic E-state index is 0.285. The second-order valence-electron chi connectivity index (χ2n) is 4.48. The average molecular weight is 302 g/mol. The molecule has 1 aromatic carbocycles. The number of carboxylic acids is 1. The minimum atomic E-state index is -1.84. The molecule has 0 radical (unpaired) electrons. The number of ether oxygens (including phenoxy) is 2. The van der Waals surface area contributed by atoms with Gasteiger partial charge in [-0.15, -0.1) is 0 Å². The van der Waals surface area contributed by atoms with E-state index in [2.05, 4.69) is 0 Å². The van der Waals surface area contributed by atoms with Gasteiger partial charge in [0, 0.05) is 0 Å². The molecule has 5 atom stereocenters. The van der Waals surface area contributed by atoms with E-state index < -0.39 is 48.2 Å². The number of carboxylic acid groups (broad SMARTS) is 1. The Morgan fingerprint density at radius 3 is 2.38 bits per heavy atom. The van der Waals surface area contributed by atoms with Crippen LogP contribution in [0.4, 0.5) is 0 Å². The number of rotatable bonds is 3. The monoisotopic (exact) mass is 302 g/mol. The van der Waals surface area contributed by atoms with Crippen LogP contribution in [0.3, 0.4) is 0 Å². The number of phenolic OH excluding ortho intramolecular Hbond substituents is 2. The molecular weight excluding hydrogens is 288 g/mol. The van der Waals surface area contributed by atoms with Crippen molar-refractivity contribution in [2.75, 3.05) is 0 Å². The molecule has 1 aliphatic heterocycles. The van der Waals surface area contributed by atoms with Gasteiger partial charge in [0.05, 0.1) is 0 Å². The minimum Gasteiger partial charge on any atom is -0.504 e. The molecular formula is C12H14O9. The van der Waals surface area contributed by atoms with Crippen molar-refractivity contribution in [3.05, 3.63) is 18.2 Å². The molecule has 0 saturated carbocycles. The molecule has 0 aliphatic carbocycles. The van der Waals surface area contributed by atoms with Crippen molar-refractivity contribution in [1.82, 2.24) is 0 Å².